The van der Waals surface area contributed by atoms with Crippen LogP contribution in [0, 0.1) is 6.92 Å². The van der Waals surface area contributed by atoms with E-state index in [1.807, 2.05) is 0 Å². The van der Waals surface area contributed by atoms with E-state index in [2.05, 4.69) is 9.97 Å². The van der Waals surface area contributed by atoms with Gasteiger partial charge >= 0.3 is 5.97 Å². The Kier molecular flexibility index (Phi) is 2.21. The van der Waals surface area contributed by atoms with Gasteiger partial charge in [-0.3, -0.25) is 0 Å². The average molecular weight is 204 g/mol. The number of rotatable bonds is 2. The molecule has 0 amide bonds. The number of hydrogen-bond donors (Lipinski definition) is 1. The summed E-state index contributed by atoms with van der Waals surface area (Å²) in [7, 11) is 0. The fourth-order valence-electron chi connectivity index (χ4n) is 1.19. The molecule has 1 N–H and O–H groups in total. The number of hydrogen-bond acceptors (Lipinski definition) is 4. The van der Waals surface area contributed by atoms with Gasteiger partial charge in [0.2, 0.25) is 0 Å². The molecule has 2 aromatic rings. The number of furan rings is 1. The smallest absolute Gasteiger partial charge is 0.354 e. The van der Waals surface area contributed by atoms with E-state index in [0.29, 0.717) is 11.5 Å². The summed E-state index contributed by atoms with van der Waals surface area (Å²) >= 11 is 0. The minimum Gasteiger partial charge on any atom is -0.477 e. The Balaban J connectivity index is 2.54. The molecule has 2 aromatic heterocycles. The van der Waals surface area contributed by atoms with Crippen LogP contribution in [0.3, 0.4) is 0 Å². The Bertz CT molecular complexity index is 491. The zero-order valence-corrected chi connectivity index (χ0v) is 7.97. The van der Waals surface area contributed by atoms with E-state index in [9.17, 15) is 4.79 Å². The number of aryl methyl sites for hydroxylation is 1. The molecule has 2 heterocycles. The number of nitrogens with zero attached hydrogens (tertiary/aromatic N) is 2. The molecule has 0 aliphatic rings. The minimum atomic E-state index is -1.08. The Labute approximate surface area is 85.4 Å². The molecule has 0 radical (unpaired) electrons. The fraction of sp³-hybridized carbons (Fsp3) is 0.100. The first kappa shape index (κ1) is 9.39. The van der Waals surface area contributed by atoms with Gasteiger partial charge < -0.3 is 9.52 Å². The second kappa shape index (κ2) is 3.53. The Morgan fingerprint density at radius 3 is 2.87 bits per heavy atom. The molecule has 0 aromatic carbocycles. The van der Waals surface area contributed by atoms with E-state index in [1.165, 1.54) is 12.3 Å². The van der Waals surface area contributed by atoms with Crippen molar-refractivity contribution in [1.82, 2.24) is 9.97 Å². The van der Waals surface area contributed by atoms with Crippen LogP contribution >= 0.6 is 0 Å². The molecule has 0 aliphatic carbocycles. The molecule has 76 valence electrons. The van der Waals surface area contributed by atoms with E-state index >= 15 is 0 Å². The first-order valence-corrected chi connectivity index (χ1v) is 4.29. The molecule has 0 atom stereocenters. The van der Waals surface area contributed by atoms with Crippen LogP contribution in [0.15, 0.2) is 28.9 Å². The molecule has 15 heavy (non-hydrogen) atoms. The lowest BCUT2D eigenvalue weighted by Crippen LogP contribution is -2.03. The first-order chi connectivity index (χ1) is 7.16. The topological polar surface area (TPSA) is 76.2 Å². The van der Waals surface area contributed by atoms with E-state index in [0.717, 1.165) is 0 Å². The lowest BCUT2D eigenvalue weighted by atomic mass is 10.3. The highest BCUT2D eigenvalue weighted by molar-refractivity contribution is 5.85. The third-order valence-corrected chi connectivity index (χ3v) is 1.81. The van der Waals surface area contributed by atoms with Gasteiger partial charge in [0.15, 0.2) is 17.3 Å². The summed E-state index contributed by atoms with van der Waals surface area (Å²) in [6, 6.07) is 4.79. The summed E-state index contributed by atoms with van der Waals surface area (Å²) in [5.41, 5.74) is 0.558. The number of aromatic nitrogens is 2. The normalized spacial score (nSPS) is 10.2. The number of carbonyl (C=O) groups is 1. The maximum absolute atomic E-state index is 10.8. The molecular formula is C10H8N2O3. The van der Waals surface area contributed by atoms with Gasteiger partial charge in [0.1, 0.15) is 0 Å². The van der Waals surface area contributed by atoms with Crippen molar-refractivity contribution in [3.05, 3.63) is 35.9 Å². The standard InChI is InChI=1S/C10H8N2O3/c1-6-5-7(10(13)14)12-9(11-6)8-3-2-4-15-8/h2-5H,1H3,(H,13,14). The largest absolute Gasteiger partial charge is 0.477 e. The van der Waals surface area contributed by atoms with Crippen molar-refractivity contribution in [2.75, 3.05) is 0 Å². The van der Waals surface area contributed by atoms with Crippen LogP contribution in [0.1, 0.15) is 16.2 Å². The predicted octanol–water partition coefficient (Wildman–Crippen LogP) is 1.74. The van der Waals surface area contributed by atoms with Crippen molar-refractivity contribution in [1.29, 1.82) is 0 Å². The Morgan fingerprint density at radius 1 is 1.47 bits per heavy atom. The molecule has 0 saturated heterocycles. The second-order valence-electron chi connectivity index (χ2n) is 3.00. The zero-order valence-electron chi connectivity index (χ0n) is 7.97. The van der Waals surface area contributed by atoms with Gasteiger partial charge in [0.25, 0.3) is 0 Å². The Morgan fingerprint density at radius 2 is 2.27 bits per heavy atom. The van der Waals surface area contributed by atoms with Gasteiger partial charge in [-0.15, -0.1) is 0 Å². The molecule has 5 heteroatoms. The average Bonchev–Trinajstić information content (AvgIpc) is 2.69. The summed E-state index contributed by atoms with van der Waals surface area (Å²) in [4.78, 5) is 18.7. The van der Waals surface area contributed by atoms with Gasteiger partial charge in [0, 0.05) is 5.69 Å². The van der Waals surface area contributed by atoms with Crippen LogP contribution in [0.25, 0.3) is 11.6 Å². The molecule has 0 unspecified atom stereocenters. The van der Waals surface area contributed by atoms with Crippen LogP contribution in [-0.4, -0.2) is 21.0 Å². The van der Waals surface area contributed by atoms with Gasteiger partial charge in [-0.25, -0.2) is 14.8 Å². The lowest BCUT2D eigenvalue weighted by molar-refractivity contribution is 0.0690. The quantitative estimate of drug-likeness (QED) is 0.806. The van der Waals surface area contributed by atoms with E-state index in [-0.39, 0.29) is 11.5 Å². The SMILES string of the molecule is Cc1cc(C(=O)O)nc(-c2ccco2)n1. The van der Waals surface area contributed by atoms with Crippen LogP contribution in [0.5, 0.6) is 0 Å². The summed E-state index contributed by atoms with van der Waals surface area (Å²) in [5, 5.41) is 8.81. The number of carboxylic acid groups (broad SMARTS) is 1. The molecule has 2 rings (SSSR count). The van der Waals surface area contributed by atoms with Crippen LogP contribution < -0.4 is 0 Å². The van der Waals surface area contributed by atoms with E-state index in [4.69, 9.17) is 9.52 Å². The van der Waals surface area contributed by atoms with Gasteiger partial charge in [-0.2, -0.15) is 0 Å². The summed E-state index contributed by atoms with van der Waals surface area (Å²) in [6.45, 7) is 1.71. The lowest BCUT2D eigenvalue weighted by Gasteiger charge is -1.99. The van der Waals surface area contributed by atoms with E-state index < -0.39 is 5.97 Å². The van der Waals surface area contributed by atoms with Gasteiger partial charge in [0.05, 0.1) is 6.26 Å². The molecule has 0 saturated carbocycles. The molecule has 5 nitrogen and oxygen atoms in total. The highest BCUT2D eigenvalue weighted by Gasteiger charge is 2.11. The minimum absolute atomic E-state index is 0.0334. The van der Waals surface area contributed by atoms with Crippen molar-refractivity contribution in [3.63, 3.8) is 0 Å². The van der Waals surface area contributed by atoms with Crippen LogP contribution in [0.4, 0.5) is 0 Å². The van der Waals surface area contributed by atoms with Gasteiger partial charge in [-0.05, 0) is 25.1 Å². The Hall–Kier alpha value is -2.17. The van der Waals surface area contributed by atoms with Crippen molar-refractivity contribution in [2.24, 2.45) is 0 Å². The summed E-state index contributed by atoms with van der Waals surface area (Å²) in [6.07, 6.45) is 1.49. The molecule has 0 spiro atoms. The van der Waals surface area contributed by atoms with Crippen LogP contribution in [-0.2, 0) is 0 Å². The molecule has 0 fully saturated rings. The number of aromatic carboxylic acids is 1. The van der Waals surface area contributed by atoms with Crippen molar-refractivity contribution in [3.8, 4) is 11.6 Å². The third-order valence-electron chi connectivity index (χ3n) is 1.81. The van der Waals surface area contributed by atoms with E-state index in [1.54, 1.807) is 19.1 Å². The maximum atomic E-state index is 10.8. The monoisotopic (exact) mass is 204 g/mol. The highest BCUT2D eigenvalue weighted by atomic mass is 16.4. The molecule has 0 aliphatic heterocycles. The van der Waals surface area contributed by atoms with Crippen molar-refractivity contribution >= 4 is 5.97 Å². The first-order valence-electron chi connectivity index (χ1n) is 4.29. The van der Waals surface area contributed by atoms with Crippen LogP contribution in [0.2, 0.25) is 0 Å². The maximum Gasteiger partial charge on any atom is 0.354 e. The zero-order chi connectivity index (χ0) is 10.8. The summed E-state index contributed by atoms with van der Waals surface area (Å²) in [5.74, 6) is -0.327. The predicted molar refractivity (Wildman–Crippen MR) is 51.4 cm³/mol. The third kappa shape index (κ3) is 1.85. The highest BCUT2D eigenvalue weighted by Crippen LogP contribution is 2.15. The van der Waals surface area contributed by atoms with Crippen molar-refractivity contribution < 1.29 is 14.3 Å². The number of carboxylic acids is 1. The van der Waals surface area contributed by atoms with Gasteiger partial charge in [-0.1, -0.05) is 0 Å². The fourth-order valence-corrected chi connectivity index (χ4v) is 1.19. The summed E-state index contributed by atoms with van der Waals surface area (Å²) < 4.78 is 5.09. The molecular weight excluding hydrogens is 196 g/mol. The molecule has 0 bridgehead atoms. The van der Waals surface area contributed by atoms with Crippen molar-refractivity contribution in [2.45, 2.75) is 6.92 Å². The second-order valence-corrected chi connectivity index (χ2v) is 3.00.